The van der Waals surface area contributed by atoms with Gasteiger partial charge in [-0.1, -0.05) is 6.92 Å². The molecule has 1 aliphatic carbocycles. The van der Waals surface area contributed by atoms with Crippen LogP contribution in [0.2, 0.25) is 0 Å². The fourth-order valence-electron chi connectivity index (χ4n) is 2.17. The zero-order valence-electron chi connectivity index (χ0n) is 8.17. The predicted octanol–water partition coefficient (Wildman–Crippen LogP) is 1.81. The molecule has 2 unspecified atom stereocenters. The molecule has 1 N–H and O–H groups in total. The first-order chi connectivity index (χ1) is 5.97. The second-order valence-corrected chi connectivity index (χ2v) is 4.77. The van der Waals surface area contributed by atoms with E-state index >= 15 is 0 Å². The van der Waals surface area contributed by atoms with Crippen molar-refractivity contribution in [2.75, 3.05) is 0 Å². The SMILES string of the molecule is CC1(C2(C)CCC(C(=O)O)O2)CC1. The Morgan fingerprint density at radius 2 is 2.00 bits per heavy atom. The van der Waals surface area contributed by atoms with E-state index in [4.69, 9.17) is 9.84 Å². The summed E-state index contributed by atoms with van der Waals surface area (Å²) in [5, 5.41) is 8.81. The van der Waals surface area contributed by atoms with Crippen molar-refractivity contribution in [3.05, 3.63) is 0 Å². The normalized spacial score (nSPS) is 41.8. The summed E-state index contributed by atoms with van der Waals surface area (Å²) >= 11 is 0. The highest BCUT2D eigenvalue weighted by Gasteiger charge is 2.57. The van der Waals surface area contributed by atoms with Crippen LogP contribution in [0.5, 0.6) is 0 Å². The van der Waals surface area contributed by atoms with E-state index in [1.165, 1.54) is 12.8 Å². The Labute approximate surface area is 78.1 Å². The monoisotopic (exact) mass is 184 g/mol. The van der Waals surface area contributed by atoms with Crippen LogP contribution in [0, 0.1) is 5.41 Å². The largest absolute Gasteiger partial charge is 0.479 e. The summed E-state index contributed by atoms with van der Waals surface area (Å²) in [4.78, 5) is 10.7. The molecule has 2 aliphatic rings. The first-order valence-corrected chi connectivity index (χ1v) is 4.88. The van der Waals surface area contributed by atoms with E-state index in [1.807, 2.05) is 0 Å². The average Bonchev–Trinajstić information content (AvgIpc) is 2.64. The number of hydrogen-bond donors (Lipinski definition) is 1. The lowest BCUT2D eigenvalue weighted by molar-refractivity contribution is -0.157. The molecule has 2 fully saturated rings. The van der Waals surface area contributed by atoms with Gasteiger partial charge in [0.1, 0.15) is 0 Å². The van der Waals surface area contributed by atoms with Gasteiger partial charge in [-0.15, -0.1) is 0 Å². The molecule has 3 nitrogen and oxygen atoms in total. The first-order valence-electron chi connectivity index (χ1n) is 4.88. The minimum absolute atomic E-state index is 0.184. The molecule has 1 heterocycles. The average molecular weight is 184 g/mol. The lowest BCUT2D eigenvalue weighted by atomic mass is 9.85. The van der Waals surface area contributed by atoms with Crippen molar-refractivity contribution < 1.29 is 14.6 Å². The quantitative estimate of drug-likeness (QED) is 0.712. The lowest BCUT2D eigenvalue weighted by Crippen LogP contribution is -2.36. The summed E-state index contributed by atoms with van der Waals surface area (Å²) < 4.78 is 5.64. The molecule has 1 saturated heterocycles. The van der Waals surface area contributed by atoms with E-state index in [2.05, 4.69) is 13.8 Å². The molecule has 1 saturated carbocycles. The van der Waals surface area contributed by atoms with Crippen molar-refractivity contribution in [2.45, 2.75) is 51.2 Å². The third-order valence-electron chi connectivity index (χ3n) is 3.84. The van der Waals surface area contributed by atoms with Crippen LogP contribution in [0.15, 0.2) is 0 Å². The van der Waals surface area contributed by atoms with Gasteiger partial charge in [-0.2, -0.15) is 0 Å². The second kappa shape index (κ2) is 2.47. The Bertz CT molecular complexity index is 245. The van der Waals surface area contributed by atoms with Gasteiger partial charge < -0.3 is 9.84 Å². The van der Waals surface area contributed by atoms with Crippen LogP contribution in [0.3, 0.4) is 0 Å². The summed E-state index contributed by atoms with van der Waals surface area (Å²) in [6.07, 6.45) is 3.34. The summed E-state index contributed by atoms with van der Waals surface area (Å²) in [6, 6.07) is 0. The molecule has 13 heavy (non-hydrogen) atoms. The number of carboxylic acid groups (broad SMARTS) is 1. The Morgan fingerprint density at radius 3 is 2.38 bits per heavy atom. The number of carbonyl (C=O) groups is 1. The van der Waals surface area contributed by atoms with Crippen molar-refractivity contribution in [1.82, 2.24) is 0 Å². The number of rotatable bonds is 2. The maximum absolute atomic E-state index is 10.7. The Hall–Kier alpha value is -0.570. The zero-order chi connectivity index (χ0) is 9.69. The molecule has 0 amide bonds. The van der Waals surface area contributed by atoms with Gasteiger partial charge in [0, 0.05) is 0 Å². The maximum atomic E-state index is 10.7. The molecule has 3 heteroatoms. The third kappa shape index (κ3) is 1.26. The number of carboxylic acids is 1. The van der Waals surface area contributed by atoms with Crippen LogP contribution in [-0.4, -0.2) is 22.8 Å². The smallest absolute Gasteiger partial charge is 0.332 e. The first kappa shape index (κ1) is 9.00. The van der Waals surface area contributed by atoms with Crippen molar-refractivity contribution in [3.63, 3.8) is 0 Å². The van der Waals surface area contributed by atoms with Crippen molar-refractivity contribution in [3.8, 4) is 0 Å². The summed E-state index contributed by atoms with van der Waals surface area (Å²) in [5.74, 6) is -0.812. The van der Waals surface area contributed by atoms with Gasteiger partial charge in [0.05, 0.1) is 5.60 Å². The molecule has 2 atom stereocenters. The van der Waals surface area contributed by atoms with Crippen molar-refractivity contribution in [1.29, 1.82) is 0 Å². The molecule has 0 aromatic carbocycles. The molecule has 1 aliphatic heterocycles. The number of ether oxygens (including phenoxy) is 1. The fraction of sp³-hybridized carbons (Fsp3) is 0.900. The Balaban J connectivity index is 2.08. The number of hydrogen-bond acceptors (Lipinski definition) is 2. The summed E-state index contributed by atoms with van der Waals surface area (Å²) in [6.45, 7) is 4.25. The van der Waals surface area contributed by atoms with E-state index in [-0.39, 0.29) is 11.0 Å². The highest BCUT2D eigenvalue weighted by atomic mass is 16.5. The molecule has 0 aromatic rings. The fourth-order valence-corrected chi connectivity index (χ4v) is 2.17. The van der Waals surface area contributed by atoms with E-state index in [0.717, 1.165) is 6.42 Å². The van der Waals surface area contributed by atoms with Gasteiger partial charge in [-0.3, -0.25) is 0 Å². The molecule has 2 rings (SSSR count). The molecule has 0 aromatic heterocycles. The van der Waals surface area contributed by atoms with Crippen molar-refractivity contribution >= 4 is 5.97 Å². The molecule has 0 bridgehead atoms. The molecule has 74 valence electrons. The van der Waals surface area contributed by atoms with E-state index in [9.17, 15) is 4.79 Å². The minimum Gasteiger partial charge on any atom is -0.479 e. The Kier molecular flexibility index (Phi) is 1.71. The Morgan fingerprint density at radius 1 is 1.38 bits per heavy atom. The molecule has 0 radical (unpaired) electrons. The van der Waals surface area contributed by atoms with E-state index in [1.54, 1.807) is 0 Å². The van der Waals surface area contributed by atoms with Crippen LogP contribution >= 0.6 is 0 Å². The number of aliphatic carboxylic acids is 1. The maximum Gasteiger partial charge on any atom is 0.332 e. The highest BCUT2D eigenvalue weighted by Crippen LogP contribution is 2.59. The van der Waals surface area contributed by atoms with Gasteiger partial charge in [0.15, 0.2) is 6.10 Å². The van der Waals surface area contributed by atoms with Gasteiger partial charge in [0.2, 0.25) is 0 Å². The van der Waals surface area contributed by atoms with Gasteiger partial charge in [-0.05, 0) is 38.0 Å². The topological polar surface area (TPSA) is 46.5 Å². The summed E-state index contributed by atoms with van der Waals surface area (Å²) in [5.41, 5.74) is 0.0628. The van der Waals surface area contributed by atoms with Crippen molar-refractivity contribution in [2.24, 2.45) is 5.41 Å². The van der Waals surface area contributed by atoms with Gasteiger partial charge in [-0.25, -0.2) is 4.79 Å². The van der Waals surface area contributed by atoms with Crippen LogP contribution in [-0.2, 0) is 9.53 Å². The van der Waals surface area contributed by atoms with Crippen LogP contribution in [0.1, 0.15) is 39.5 Å². The molecule has 0 spiro atoms. The second-order valence-electron chi connectivity index (χ2n) is 4.77. The zero-order valence-corrected chi connectivity index (χ0v) is 8.17. The molecular formula is C10H16O3. The van der Waals surface area contributed by atoms with Crippen LogP contribution in [0.25, 0.3) is 0 Å². The third-order valence-corrected chi connectivity index (χ3v) is 3.84. The van der Waals surface area contributed by atoms with Gasteiger partial charge in [0.25, 0.3) is 0 Å². The highest BCUT2D eigenvalue weighted by molar-refractivity contribution is 5.72. The minimum atomic E-state index is -0.812. The summed E-state index contributed by atoms with van der Waals surface area (Å²) in [7, 11) is 0. The lowest BCUT2D eigenvalue weighted by Gasteiger charge is -2.31. The predicted molar refractivity (Wildman–Crippen MR) is 47.5 cm³/mol. The molecular weight excluding hydrogens is 168 g/mol. The van der Waals surface area contributed by atoms with E-state index in [0.29, 0.717) is 6.42 Å². The van der Waals surface area contributed by atoms with Gasteiger partial charge >= 0.3 is 5.97 Å². The standard InChI is InChI=1S/C10H16O3/c1-9(5-6-9)10(2)4-3-7(13-10)8(11)12/h7H,3-6H2,1-2H3,(H,11,12). The van der Waals surface area contributed by atoms with Crippen LogP contribution < -0.4 is 0 Å². The van der Waals surface area contributed by atoms with Crippen LogP contribution in [0.4, 0.5) is 0 Å². The van der Waals surface area contributed by atoms with E-state index < -0.39 is 12.1 Å².